The number of ether oxygens (including phenoxy) is 4. The Kier molecular flexibility index (Phi) is 6.04. The van der Waals surface area contributed by atoms with Crippen molar-refractivity contribution < 1.29 is 33.3 Å². The number of fused-ring (bicyclic) bond motifs is 1. The largest absolute Gasteiger partial charge is 0.493 e. The van der Waals surface area contributed by atoms with Crippen molar-refractivity contribution in [3.05, 3.63) is 17.7 Å². The van der Waals surface area contributed by atoms with E-state index in [1.54, 1.807) is 14.1 Å². The normalized spacial score (nSPS) is 12.1. The van der Waals surface area contributed by atoms with Gasteiger partial charge in [0, 0.05) is 14.1 Å². The lowest BCUT2D eigenvalue weighted by Crippen LogP contribution is -2.38. The molecule has 0 atom stereocenters. The fourth-order valence-corrected chi connectivity index (χ4v) is 1.99. The summed E-state index contributed by atoms with van der Waals surface area (Å²) in [6.45, 7) is 0.0769. The van der Waals surface area contributed by atoms with Crippen molar-refractivity contribution in [2.45, 2.75) is 0 Å². The molecule has 0 saturated carbocycles. The summed E-state index contributed by atoms with van der Waals surface area (Å²) in [6.07, 6.45) is 0. The zero-order valence-corrected chi connectivity index (χ0v) is 14.3. The minimum absolute atomic E-state index is 0.165. The third-order valence-corrected chi connectivity index (χ3v) is 3.33. The molecule has 2 rings (SSSR count). The molecule has 1 heterocycles. The van der Waals surface area contributed by atoms with Gasteiger partial charge in [0.05, 0.1) is 19.2 Å². The van der Waals surface area contributed by atoms with Crippen molar-refractivity contribution in [1.82, 2.24) is 10.2 Å². The number of nitrogens with zero attached hydrogens (tertiary/aromatic N) is 1. The van der Waals surface area contributed by atoms with E-state index >= 15 is 0 Å². The van der Waals surface area contributed by atoms with Crippen molar-refractivity contribution in [2.24, 2.45) is 0 Å². The molecule has 25 heavy (non-hydrogen) atoms. The number of likely N-dealkylation sites (N-methyl/N-ethyl adjacent to an activating group) is 1. The highest BCUT2D eigenvalue weighted by molar-refractivity contribution is 5.93. The molecule has 0 unspecified atom stereocenters. The van der Waals surface area contributed by atoms with Gasteiger partial charge in [-0.3, -0.25) is 9.59 Å². The molecule has 0 fully saturated rings. The van der Waals surface area contributed by atoms with Crippen LogP contribution in [0.25, 0.3) is 0 Å². The maximum Gasteiger partial charge on any atom is 0.338 e. The number of nitrogens with one attached hydrogen (secondary N) is 1. The summed E-state index contributed by atoms with van der Waals surface area (Å²) in [4.78, 5) is 36.5. The van der Waals surface area contributed by atoms with Crippen LogP contribution in [0.4, 0.5) is 0 Å². The average Bonchev–Trinajstić information content (AvgIpc) is 2.62. The second-order valence-electron chi connectivity index (χ2n) is 5.34. The van der Waals surface area contributed by atoms with Gasteiger partial charge in [0.2, 0.25) is 11.7 Å². The summed E-state index contributed by atoms with van der Waals surface area (Å²) >= 11 is 0. The number of hydrogen-bond donors (Lipinski definition) is 1. The average molecular weight is 352 g/mol. The number of amides is 2. The topological polar surface area (TPSA) is 103 Å². The number of carbonyl (C=O) groups excluding carboxylic acids is 3. The second-order valence-corrected chi connectivity index (χ2v) is 5.34. The molecule has 1 aromatic rings. The van der Waals surface area contributed by atoms with Crippen LogP contribution in [0.15, 0.2) is 12.1 Å². The van der Waals surface area contributed by atoms with Gasteiger partial charge >= 0.3 is 5.97 Å². The zero-order valence-electron chi connectivity index (χ0n) is 14.3. The van der Waals surface area contributed by atoms with E-state index in [0.717, 1.165) is 0 Å². The fraction of sp³-hybridized carbons (Fsp3) is 0.438. The van der Waals surface area contributed by atoms with E-state index in [1.165, 1.54) is 24.1 Å². The van der Waals surface area contributed by atoms with Crippen LogP contribution in [-0.4, -0.2) is 70.3 Å². The number of esters is 1. The molecule has 1 N–H and O–H groups in total. The quantitative estimate of drug-likeness (QED) is 0.709. The zero-order chi connectivity index (χ0) is 18.4. The summed E-state index contributed by atoms with van der Waals surface area (Å²) < 4.78 is 21.0. The molecule has 1 aliphatic rings. The first kappa shape index (κ1) is 18.4. The van der Waals surface area contributed by atoms with Crippen LogP contribution in [0.5, 0.6) is 17.2 Å². The maximum atomic E-state index is 12.1. The van der Waals surface area contributed by atoms with Crippen molar-refractivity contribution in [2.75, 3.05) is 47.6 Å². The predicted molar refractivity (Wildman–Crippen MR) is 86.0 cm³/mol. The van der Waals surface area contributed by atoms with Crippen LogP contribution in [0, 0.1) is 0 Å². The smallest absolute Gasteiger partial charge is 0.338 e. The fourth-order valence-electron chi connectivity index (χ4n) is 1.99. The molecule has 0 bridgehead atoms. The van der Waals surface area contributed by atoms with Gasteiger partial charge in [-0.1, -0.05) is 0 Å². The first-order chi connectivity index (χ1) is 11.9. The first-order valence-corrected chi connectivity index (χ1v) is 7.54. The molecule has 0 spiro atoms. The minimum Gasteiger partial charge on any atom is -0.493 e. The van der Waals surface area contributed by atoms with E-state index in [9.17, 15) is 14.4 Å². The maximum absolute atomic E-state index is 12.1. The number of rotatable bonds is 6. The summed E-state index contributed by atoms with van der Waals surface area (Å²) in [6, 6.07) is 2.91. The summed E-state index contributed by atoms with van der Waals surface area (Å²) in [5.74, 6) is -0.428. The van der Waals surface area contributed by atoms with Crippen molar-refractivity contribution in [1.29, 1.82) is 0 Å². The van der Waals surface area contributed by atoms with Crippen LogP contribution in [-0.2, 0) is 14.3 Å². The molecule has 1 aromatic carbocycles. The molecular formula is C16H20N2O7. The van der Waals surface area contributed by atoms with E-state index in [0.29, 0.717) is 30.5 Å². The van der Waals surface area contributed by atoms with Crippen molar-refractivity contribution in [3.8, 4) is 17.2 Å². The summed E-state index contributed by atoms with van der Waals surface area (Å²) in [5, 5.41) is 2.37. The van der Waals surface area contributed by atoms with Crippen molar-refractivity contribution in [3.63, 3.8) is 0 Å². The molecule has 9 nitrogen and oxygen atoms in total. The SMILES string of the molecule is COc1cc(C(=O)OCC(=O)NCC(=O)N(C)C)cc2c1OCCO2. The van der Waals surface area contributed by atoms with Gasteiger partial charge in [0.25, 0.3) is 5.91 Å². The van der Waals surface area contributed by atoms with Gasteiger partial charge in [-0.25, -0.2) is 4.79 Å². The number of methoxy groups -OCH3 is 1. The molecule has 0 radical (unpaired) electrons. The Morgan fingerprint density at radius 2 is 1.92 bits per heavy atom. The monoisotopic (exact) mass is 352 g/mol. The Morgan fingerprint density at radius 1 is 1.20 bits per heavy atom. The summed E-state index contributed by atoms with van der Waals surface area (Å²) in [5.41, 5.74) is 0.165. The highest BCUT2D eigenvalue weighted by Crippen LogP contribution is 2.40. The Labute approximate surface area is 144 Å². The Hall–Kier alpha value is -2.97. The highest BCUT2D eigenvalue weighted by Gasteiger charge is 2.22. The third-order valence-electron chi connectivity index (χ3n) is 3.33. The molecule has 1 aliphatic heterocycles. The predicted octanol–water partition coefficient (Wildman–Crippen LogP) is -0.172. The van der Waals surface area contributed by atoms with Gasteiger partial charge in [-0.2, -0.15) is 0 Å². The Bertz CT molecular complexity index is 655. The standard InChI is InChI=1S/C16H20N2O7/c1-18(2)14(20)8-17-13(19)9-25-16(21)10-6-11(22-3)15-12(7-10)23-4-5-24-15/h6-7H,4-5,8-9H2,1-3H3,(H,17,19). The summed E-state index contributed by atoms with van der Waals surface area (Å²) in [7, 11) is 4.59. The van der Waals surface area contributed by atoms with E-state index < -0.39 is 18.5 Å². The number of carbonyl (C=O) groups is 3. The van der Waals surface area contributed by atoms with Crippen LogP contribution in [0.3, 0.4) is 0 Å². The minimum atomic E-state index is -0.718. The molecule has 0 aromatic heterocycles. The number of hydrogen-bond acceptors (Lipinski definition) is 7. The molecule has 2 amide bonds. The Balaban J connectivity index is 1.94. The molecule has 9 heteroatoms. The van der Waals surface area contributed by atoms with Gasteiger partial charge in [-0.15, -0.1) is 0 Å². The Morgan fingerprint density at radius 3 is 2.60 bits per heavy atom. The number of benzene rings is 1. The lowest BCUT2D eigenvalue weighted by Gasteiger charge is -2.21. The van der Waals surface area contributed by atoms with E-state index in [1.807, 2.05) is 0 Å². The first-order valence-electron chi connectivity index (χ1n) is 7.54. The lowest BCUT2D eigenvalue weighted by atomic mass is 10.1. The van der Waals surface area contributed by atoms with Gasteiger partial charge in [0.1, 0.15) is 13.2 Å². The highest BCUT2D eigenvalue weighted by atomic mass is 16.6. The molecule has 0 aliphatic carbocycles. The molecule has 0 saturated heterocycles. The van der Waals surface area contributed by atoms with E-state index in [2.05, 4.69) is 5.32 Å². The lowest BCUT2D eigenvalue weighted by molar-refractivity contribution is -0.131. The van der Waals surface area contributed by atoms with Crippen LogP contribution in [0.1, 0.15) is 10.4 Å². The van der Waals surface area contributed by atoms with Gasteiger partial charge < -0.3 is 29.2 Å². The van der Waals surface area contributed by atoms with E-state index in [4.69, 9.17) is 18.9 Å². The molecule has 136 valence electrons. The van der Waals surface area contributed by atoms with Gasteiger partial charge in [0.15, 0.2) is 18.1 Å². The third kappa shape index (κ3) is 4.75. The molecular weight excluding hydrogens is 332 g/mol. The van der Waals surface area contributed by atoms with Crippen LogP contribution in [0.2, 0.25) is 0 Å². The van der Waals surface area contributed by atoms with Crippen molar-refractivity contribution >= 4 is 17.8 Å². The van der Waals surface area contributed by atoms with Crippen LogP contribution >= 0.6 is 0 Å². The second kappa shape index (κ2) is 8.22. The van der Waals surface area contributed by atoms with Gasteiger partial charge in [-0.05, 0) is 12.1 Å². The van der Waals surface area contributed by atoms with Crippen LogP contribution < -0.4 is 19.5 Å². The van der Waals surface area contributed by atoms with E-state index in [-0.39, 0.29) is 18.0 Å².